The van der Waals surface area contributed by atoms with Gasteiger partial charge in [-0.1, -0.05) is 38.1 Å². The van der Waals surface area contributed by atoms with Gasteiger partial charge in [-0.05, 0) is 43.6 Å². The molecule has 0 aliphatic heterocycles. The number of ketones is 1. The molecule has 1 saturated carbocycles. The molecular formula is C16H22O. The molecular weight excluding hydrogens is 208 g/mol. The molecule has 0 heterocycles. The first kappa shape index (κ1) is 12.3. The van der Waals surface area contributed by atoms with Crippen LogP contribution in [0.1, 0.15) is 55.5 Å². The molecule has 1 aliphatic carbocycles. The Balaban J connectivity index is 2.10. The fourth-order valence-corrected chi connectivity index (χ4v) is 2.73. The Morgan fingerprint density at radius 3 is 2.35 bits per heavy atom. The van der Waals surface area contributed by atoms with Crippen LogP contribution >= 0.6 is 0 Å². The SMILES string of the molecule is Cc1ccccc1C(=O)C1CCC(C)(C)CC1. The second-order valence-corrected chi connectivity index (χ2v) is 6.12. The summed E-state index contributed by atoms with van der Waals surface area (Å²) in [6, 6.07) is 7.96. The van der Waals surface area contributed by atoms with Crippen molar-refractivity contribution < 1.29 is 4.79 Å². The molecule has 2 rings (SSSR count). The minimum atomic E-state index is 0.254. The van der Waals surface area contributed by atoms with E-state index in [1.807, 2.05) is 31.2 Å². The zero-order valence-corrected chi connectivity index (χ0v) is 11.1. The number of hydrogen-bond acceptors (Lipinski definition) is 1. The maximum atomic E-state index is 12.4. The van der Waals surface area contributed by atoms with Crippen molar-refractivity contribution in [2.24, 2.45) is 11.3 Å². The molecule has 0 saturated heterocycles. The Hall–Kier alpha value is -1.11. The number of carbonyl (C=O) groups is 1. The van der Waals surface area contributed by atoms with E-state index in [0.717, 1.165) is 24.0 Å². The zero-order chi connectivity index (χ0) is 12.5. The van der Waals surface area contributed by atoms with Crippen LogP contribution in [0.15, 0.2) is 24.3 Å². The second-order valence-electron chi connectivity index (χ2n) is 6.12. The summed E-state index contributed by atoms with van der Waals surface area (Å²) in [5.74, 6) is 0.614. The Morgan fingerprint density at radius 1 is 1.18 bits per heavy atom. The van der Waals surface area contributed by atoms with E-state index < -0.39 is 0 Å². The lowest BCUT2D eigenvalue weighted by molar-refractivity contribution is 0.0837. The van der Waals surface area contributed by atoms with Crippen molar-refractivity contribution in [2.75, 3.05) is 0 Å². The Morgan fingerprint density at radius 2 is 1.76 bits per heavy atom. The molecule has 0 aromatic heterocycles. The third kappa shape index (κ3) is 2.77. The molecule has 92 valence electrons. The van der Waals surface area contributed by atoms with Gasteiger partial charge in [0.1, 0.15) is 0 Å². The summed E-state index contributed by atoms with van der Waals surface area (Å²) < 4.78 is 0. The standard InChI is InChI=1S/C16H22O/c1-12-6-4-5-7-14(12)15(17)13-8-10-16(2,3)11-9-13/h4-7,13H,8-11H2,1-3H3. The average molecular weight is 230 g/mol. The third-order valence-electron chi connectivity index (χ3n) is 4.12. The van der Waals surface area contributed by atoms with Gasteiger partial charge in [0, 0.05) is 11.5 Å². The predicted octanol–water partition coefficient (Wildman–Crippen LogP) is 4.39. The van der Waals surface area contributed by atoms with Crippen LogP contribution < -0.4 is 0 Å². The van der Waals surface area contributed by atoms with Crippen molar-refractivity contribution in [1.29, 1.82) is 0 Å². The van der Waals surface area contributed by atoms with Gasteiger partial charge in [-0.2, -0.15) is 0 Å². The van der Waals surface area contributed by atoms with E-state index in [1.165, 1.54) is 12.8 Å². The van der Waals surface area contributed by atoms with E-state index in [1.54, 1.807) is 0 Å². The lowest BCUT2D eigenvalue weighted by Gasteiger charge is -2.33. The summed E-state index contributed by atoms with van der Waals surface area (Å²) in [5.41, 5.74) is 2.47. The molecule has 1 nitrogen and oxygen atoms in total. The highest BCUT2D eigenvalue weighted by atomic mass is 16.1. The molecule has 0 spiro atoms. The molecule has 0 unspecified atom stereocenters. The monoisotopic (exact) mass is 230 g/mol. The van der Waals surface area contributed by atoms with Crippen LogP contribution in [0.4, 0.5) is 0 Å². The maximum Gasteiger partial charge on any atom is 0.166 e. The Bertz CT molecular complexity index is 407. The number of rotatable bonds is 2. The summed E-state index contributed by atoms with van der Waals surface area (Å²) in [6.07, 6.45) is 4.46. The van der Waals surface area contributed by atoms with Gasteiger partial charge in [0.25, 0.3) is 0 Å². The smallest absolute Gasteiger partial charge is 0.166 e. The van der Waals surface area contributed by atoms with Gasteiger partial charge >= 0.3 is 0 Å². The Labute approximate surface area is 104 Å². The normalized spacial score (nSPS) is 20.2. The van der Waals surface area contributed by atoms with Crippen molar-refractivity contribution in [3.63, 3.8) is 0 Å². The molecule has 1 aromatic rings. The summed E-state index contributed by atoms with van der Waals surface area (Å²) in [6.45, 7) is 6.64. The van der Waals surface area contributed by atoms with Gasteiger partial charge in [-0.15, -0.1) is 0 Å². The first-order valence-corrected chi connectivity index (χ1v) is 6.59. The zero-order valence-electron chi connectivity index (χ0n) is 11.1. The average Bonchev–Trinajstić information content (AvgIpc) is 2.29. The van der Waals surface area contributed by atoms with Gasteiger partial charge in [0.05, 0.1) is 0 Å². The number of aryl methyl sites for hydroxylation is 1. The van der Waals surface area contributed by atoms with Crippen LogP contribution in [-0.2, 0) is 0 Å². The third-order valence-corrected chi connectivity index (χ3v) is 4.12. The van der Waals surface area contributed by atoms with Crippen molar-refractivity contribution in [2.45, 2.75) is 46.5 Å². The van der Waals surface area contributed by atoms with Crippen LogP contribution in [0, 0.1) is 18.3 Å². The highest BCUT2D eigenvalue weighted by Crippen LogP contribution is 2.39. The van der Waals surface area contributed by atoms with E-state index in [4.69, 9.17) is 0 Å². The van der Waals surface area contributed by atoms with Gasteiger partial charge in [0.2, 0.25) is 0 Å². The number of carbonyl (C=O) groups excluding carboxylic acids is 1. The van der Waals surface area contributed by atoms with Gasteiger partial charge in [0.15, 0.2) is 5.78 Å². The summed E-state index contributed by atoms with van der Waals surface area (Å²) in [5, 5.41) is 0. The van der Waals surface area contributed by atoms with E-state index in [9.17, 15) is 4.79 Å². The van der Waals surface area contributed by atoms with Crippen molar-refractivity contribution in [3.05, 3.63) is 35.4 Å². The van der Waals surface area contributed by atoms with Gasteiger partial charge < -0.3 is 0 Å². The quantitative estimate of drug-likeness (QED) is 0.688. The van der Waals surface area contributed by atoms with E-state index in [0.29, 0.717) is 11.2 Å². The van der Waals surface area contributed by atoms with Crippen molar-refractivity contribution in [1.82, 2.24) is 0 Å². The van der Waals surface area contributed by atoms with Crippen LogP contribution in [-0.4, -0.2) is 5.78 Å². The maximum absolute atomic E-state index is 12.4. The summed E-state index contributed by atoms with van der Waals surface area (Å²) in [7, 11) is 0. The number of benzene rings is 1. The largest absolute Gasteiger partial charge is 0.294 e. The van der Waals surface area contributed by atoms with Crippen LogP contribution in [0.5, 0.6) is 0 Å². The predicted molar refractivity (Wildman–Crippen MR) is 71.2 cm³/mol. The number of Topliss-reactive ketones (excluding diaryl/α,β-unsaturated/α-hetero) is 1. The van der Waals surface area contributed by atoms with E-state index >= 15 is 0 Å². The fraction of sp³-hybridized carbons (Fsp3) is 0.562. The van der Waals surface area contributed by atoms with Crippen LogP contribution in [0.3, 0.4) is 0 Å². The molecule has 0 radical (unpaired) electrons. The molecule has 0 bridgehead atoms. The molecule has 1 fully saturated rings. The lowest BCUT2D eigenvalue weighted by atomic mass is 9.71. The van der Waals surface area contributed by atoms with E-state index in [2.05, 4.69) is 13.8 Å². The lowest BCUT2D eigenvalue weighted by Crippen LogP contribution is -2.26. The van der Waals surface area contributed by atoms with Crippen molar-refractivity contribution >= 4 is 5.78 Å². The second kappa shape index (κ2) is 4.64. The topological polar surface area (TPSA) is 17.1 Å². The molecule has 17 heavy (non-hydrogen) atoms. The molecule has 1 aliphatic rings. The summed E-state index contributed by atoms with van der Waals surface area (Å²) in [4.78, 5) is 12.4. The molecule has 1 heteroatoms. The highest BCUT2D eigenvalue weighted by molar-refractivity contribution is 5.99. The van der Waals surface area contributed by atoms with Gasteiger partial charge in [-0.3, -0.25) is 4.79 Å². The van der Waals surface area contributed by atoms with Crippen LogP contribution in [0.2, 0.25) is 0 Å². The van der Waals surface area contributed by atoms with Crippen molar-refractivity contribution in [3.8, 4) is 0 Å². The van der Waals surface area contributed by atoms with Gasteiger partial charge in [-0.25, -0.2) is 0 Å². The first-order chi connectivity index (χ1) is 7.99. The van der Waals surface area contributed by atoms with E-state index in [-0.39, 0.29) is 5.92 Å². The summed E-state index contributed by atoms with van der Waals surface area (Å²) >= 11 is 0. The molecule has 0 amide bonds. The Kier molecular flexibility index (Phi) is 3.37. The number of hydrogen-bond donors (Lipinski definition) is 0. The molecule has 0 N–H and O–H groups in total. The highest BCUT2D eigenvalue weighted by Gasteiger charge is 2.31. The minimum Gasteiger partial charge on any atom is -0.294 e. The fourth-order valence-electron chi connectivity index (χ4n) is 2.73. The first-order valence-electron chi connectivity index (χ1n) is 6.59. The minimum absolute atomic E-state index is 0.254. The molecule has 0 atom stereocenters. The molecule has 1 aromatic carbocycles. The van der Waals surface area contributed by atoms with Crippen LogP contribution in [0.25, 0.3) is 0 Å².